The molecule has 24 heavy (non-hydrogen) atoms. The summed E-state index contributed by atoms with van der Waals surface area (Å²) in [6.07, 6.45) is 0. The Labute approximate surface area is 144 Å². The summed E-state index contributed by atoms with van der Waals surface area (Å²) in [6.45, 7) is 3.12. The zero-order valence-corrected chi connectivity index (χ0v) is 13.9. The molecule has 1 amide bonds. The van der Waals surface area contributed by atoms with E-state index in [1.54, 1.807) is 24.0 Å². The van der Waals surface area contributed by atoms with Gasteiger partial charge in [0, 0.05) is 24.6 Å². The Morgan fingerprint density at radius 2 is 2.08 bits per heavy atom. The summed E-state index contributed by atoms with van der Waals surface area (Å²) >= 11 is 6.20. The summed E-state index contributed by atoms with van der Waals surface area (Å²) in [5, 5.41) is 0.573. The van der Waals surface area contributed by atoms with E-state index < -0.39 is 0 Å². The number of benzene rings is 1. The van der Waals surface area contributed by atoms with Crippen molar-refractivity contribution >= 4 is 23.5 Å². The Morgan fingerprint density at radius 1 is 1.29 bits per heavy atom. The quantitative estimate of drug-likeness (QED) is 0.784. The lowest BCUT2D eigenvalue weighted by Gasteiger charge is -2.16. The first-order valence-electron chi connectivity index (χ1n) is 7.86. The number of furan rings is 1. The number of likely N-dealkylation sites (tertiary alicyclic amines) is 1. The van der Waals surface area contributed by atoms with Crippen molar-refractivity contribution in [3.8, 4) is 11.3 Å². The van der Waals surface area contributed by atoms with Crippen molar-refractivity contribution in [1.82, 2.24) is 4.90 Å². The van der Waals surface area contributed by atoms with Crippen LogP contribution >= 0.6 is 11.6 Å². The van der Waals surface area contributed by atoms with Gasteiger partial charge in [-0.3, -0.25) is 9.59 Å². The number of halogens is 1. The lowest BCUT2D eigenvalue weighted by atomic mass is 10.0. The first kappa shape index (κ1) is 15.3. The maximum atomic E-state index is 12.8. The van der Waals surface area contributed by atoms with Gasteiger partial charge < -0.3 is 14.1 Å². The van der Waals surface area contributed by atoms with E-state index in [1.807, 2.05) is 18.2 Å². The molecule has 1 aromatic carbocycles. The average Bonchev–Trinajstić information content (AvgIpc) is 3.24. The van der Waals surface area contributed by atoms with Gasteiger partial charge in [-0.25, -0.2) is 0 Å². The first-order valence-corrected chi connectivity index (χ1v) is 8.23. The van der Waals surface area contributed by atoms with Crippen LogP contribution in [0.1, 0.15) is 16.1 Å². The van der Waals surface area contributed by atoms with E-state index >= 15 is 0 Å². The minimum atomic E-state index is -0.198. The van der Waals surface area contributed by atoms with E-state index in [-0.39, 0.29) is 23.7 Å². The van der Waals surface area contributed by atoms with E-state index in [0.717, 1.165) is 5.56 Å². The second kappa shape index (κ2) is 5.67. The summed E-state index contributed by atoms with van der Waals surface area (Å²) in [7, 11) is 0. The Morgan fingerprint density at radius 3 is 2.83 bits per heavy atom. The Bertz CT molecular complexity index is 828. The molecule has 2 saturated heterocycles. The van der Waals surface area contributed by atoms with Gasteiger partial charge in [0.15, 0.2) is 0 Å². The van der Waals surface area contributed by atoms with Gasteiger partial charge in [-0.1, -0.05) is 23.7 Å². The van der Waals surface area contributed by atoms with Crippen LogP contribution in [0.25, 0.3) is 11.3 Å². The van der Waals surface area contributed by atoms with E-state index in [2.05, 4.69) is 0 Å². The smallest absolute Gasteiger partial charge is 0.311 e. The van der Waals surface area contributed by atoms with Crippen molar-refractivity contribution in [1.29, 1.82) is 0 Å². The van der Waals surface area contributed by atoms with Crippen molar-refractivity contribution in [3.63, 3.8) is 0 Å². The summed E-state index contributed by atoms with van der Waals surface area (Å²) < 4.78 is 10.8. The van der Waals surface area contributed by atoms with Crippen LogP contribution < -0.4 is 0 Å². The summed E-state index contributed by atoms with van der Waals surface area (Å²) in [5.41, 5.74) is 1.27. The number of nitrogens with zero attached hydrogens (tertiary/aromatic N) is 1. The van der Waals surface area contributed by atoms with Crippen LogP contribution in [0.5, 0.6) is 0 Å². The van der Waals surface area contributed by atoms with Crippen LogP contribution in [0.2, 0.25) is 5.02 Å². The number of amides is 1. The molecule has 4 rings (SSSR count). The van der Waals surface area contributed by atoms with Crippen molar-refractivity contribution in [2.75, 3.05) is 19.7 Å². The van der Waals surface area contributed by atoms with E-state index in [9.17, 15) is 9.59 Å². The maximum Gasteiger partial charge on any atom is 0.311 e. The van der Waals surface area contributed by atoms with Crippen LogP contribution in [-0.4, -0.2) is 36.5 Å². The second-order valence-corrected chi connectivity index (χ2v) is 6.67. The molecule has 0 radical (unpaired) electrons. The van der Waals surface area contributed by atoms with Gasteiger partial charge in [0.2, 0.25) is 0 Å². The molecule has 0 unspecified atom stereocenters. The van der Waals surface area contributed by atoms with Crippen molar-refractivity contribution in [2.45, 2.75) is 6.92 Å². The van der Waals surface area contributed by atoms with Gasteiger partial charge in [-0.05, 0) is 25.1 Å². The fraction of sp³-hybridized carbons (Fsp3) is 0.333. The molecule has 2 fully saturated rings. The topological polar surface area (TPSA) is 59.8 Å². The minimum Gasteiger partial charge on any atom is -0.465 e. The summed E-state index contributed by atoms with van der Waals surface area (Å²) in [5.74, 6) is 0.725. The lowest BCUT2D eigenvalue weighted by Crippen LogP contribution is -2.31. The highest BCUT2D eigenvalue weighted by Crippen LogP contribution is 2.34. The molecule has 5 nitrogen and oxygen atoms in total. The fourth-order valence-corrected chi connectivity index (χ4v) is 3.66. The number of hydrogen-bond acceptors (Lipinski definition) is 4. The summed E-state index contributed by atoms with van der Waals surface area (Å²) in [6, 6.07) is 9.07. The SMILES string of the molecule is Cc1oc(-c2ccccc2Cl)cc1C(=O)N1C[C@@H]2COC(=O)[C@@H]2C1. The monoisotopic (exact) mass is 345 g/mol. The van der Waals surface area contributed by atoms with Crippen LogP contribution in [0.3, 0.4) is 0 Å². The molecule has 0 bridgehead atoms. The van der Waals surface area contributed by atoms with Crippen LogP contribution in [-0.2, 0) is 9.53 Å². The largest absolute Gasteiger partial charge is 0.465 e. The molecule has 6 heteroatoms. The lowest BCUT2D eigenvalue weighted by molar-refractivity contribution is -0.141. The second-order valence-electron chi connectivity index (χ2n) is 6.27. The van der Waals surface area contributed by atoms with Gasteiger partial charge in [0.25, 0.3) is 5.91 Å². The number of ether oxygens (including phenoxy) is 1. The van der Waals surface area contributed by atoms with Gasteiger partial charge in [0.1, 0.15) is 11.5 Å². The normalized spacial score (nSPS) is 22.6. The zero-order valence-electron chi connectivity index (χ0n) is 13.1. The molecule has 0 saturated carbocycles. The van der Waals surface area contributed by atoms with Crippen molar-refractivity contribution in [2.24, 2.45) is 11.8 Å². The average molecular weight is 346 g/mol. The number of carbonyl (C=O) groups is 2. The molecular formula is C18H16ClNO4. The van der Waals surface area contributed by atoms with Crippen molar-refractivity contribution in [3.05, 3.63) is 46.7 Å². The van der Waals surface area contributed by atoms with Gasteiger partial charge in [-0.2, -0.15) is 0 Å². The van der Waals surface area contributed by atoms with Crippen molar-refractivity contribution < 1.29 is 18.7 Å². The Kier molecular flexibility index (Phi) is 3.61. The van der Waals surface area contributed by atoms with Gasteiger partial charge in [-0.15, -0.1) is 0 Å². The minimum absolute atomic E-state index is 0.108. The highest BCUT2D eigenvalue weighted by molar-refractivity contribution is 6.33. The molecule has 0 aliphatic carbocycles. The fourth-order valence-electron chi connectivity index (χ4n) is 3.43. The van der Waals surface area contributed by atoms with E-state index in [1.165, 1.54) is 0 Å². The molecule has 2 aliphatic heterocycles. The zero-order chi connectivity index (χ0) is 16.8. The molecule has 0 spiro atoms. The number of fused-ring (bicyclic) bond motifs is 1. The number of rotatable bonds is 2. The first-order chi connectivity index (χ1) is 11.5. The number of hydrogen-bond donors (Lipinski definition) is 0. The molecule has 3 heterocycles. The number of aryl methyl sites for hydroxylation is 1. The standard InChI is InChI=1S/C18H16ClNO4/c1-10-13(6-16(24-10)12-4-2-3-5-15(12)19)17(21)20-7-11-9-23-18(22)14(11)8-20/h2-6,11,14H,7-9H2,1H3/t11-,14-/m1/s1. The number of carbonyl (C=O) groups excluding carboxylic acids is 2. The molecular weight excluding hydrogens is 330 g/mol. The highest BCUT2D eigenvalue weighted by Gasteiger charge is 2.45. The third-order valence-corrected chi connectivity index (χ3v) is 5.09. The molecule has 2 aliphatic rings. The van der Waals surface area contributed by atoms with Crippen LogP contribution in [0.15, 0.2) is 34.7 Å². The number of cyclic esters (lactones) is 1. The van der Waals surface area contributed by atoms with Gasteiger partial charge >= 0.3 is 5.97 Å². The van der Waals surface area contributed by atoms with Crippen LogP contribution in [0, 0.1) is 18.8 Å². The Hall–Kier alpha value is -2.27. The number of esters is 1. The van der Waals surface area contributed by atoms with E-state index in [0.29, 0.717) is 41.8 Å². The van der Waals surface area contributed by atoms with E-state index in [4.69, 9.17) is 20.8 Å². The molecule has 2 atom stereocenters. The third-order valence-electron chi connectivity index (χ3n) is 4.76. The predicted molar refractivity (Wildman–Crippen MR) is 87.7 cm³/mol. The third kappa shape index (κ3) is 2.40. The molecule has 0 N–H and O–H groups in total. The molecule has 124 valence electrons. The Balaban J connectivity index is 1.60. The predicted octanol–water partition coefficient (Wildman–Crippen LogP) is 3.15. The summed E-state index contributed by atoms with van der Waals surface area (Å²) in [4.78, 5) is 26.2. The molecule has 1 aromatic heterocycles. The maximum absolute atomic E-state index is 12.8. The molecule has 2 aromatic rings. The van der Waals surface area contributed by atoms with Crippen LogP contribution in [0.4, 0.5) is 0 Å². The highest BCUT2D eigenvalue weighted by atomic mass is 35.5. The van der Waals surface area contributed by atoms with Gasteiger partial charge in [0.05, 0.1) is 23.1 Å².